The van der Waals surface area contributed by atoms with E-state index in [0.29, 0.717) is 56.7 Å². The summed E-state index contributed by atoms with van der Waals surface area (Å²) in [5.74, 6) is -3.18. The van der Waals surface area contributed by atoms with Gasteiger partial charge in [0.15, 0.2) is 0 Å². The lowest BCUT2D eigenvalue weighted by molar-refractivity contribution is 0.0686. The van der Waals surface area contributed by atoms with E-state index in [2.05, 4.69) is 9.97 Å². The summed E-state index contributed by atoms with van der Waals surface area (Å²) in [6.07, 6.45) is 0. The van der Waals surface area contributed by atoms with Gasteiger partial charge in [-0.3, -0.25) is 0 Å². The molecule has 5 aromatic carbocycles. The number of aromatic carboxylic acids is 4. The predicted octanol–water partition coefficient (Wildman–Crippen LogP) is 7.93. The zero-order valence-electron chi connectivity index (χ0n) is 26.9. The van der Waals surface area contributed by atoms with E-state index >= 15 is 0 Å². The fraction of sp³-hybridized carbons (Fsp3) is 0. The Hall–Kier alpha value is -7.60. The first-order chi connectivity index (χ1) is 25.0. The Morgan fingerprint density at radius 3 is 0.827 bits per heavy atom. The van der Waals surface area contributed by atoms with Crippen molar-refractivity contribution in [3.05, 3.63) is 144 Å². The van der Waals surface area contributed by atoms with Crippen molar-refractivity contribution in [2.75, 3.05) is 0 Å². The molecule has 0 saturated heterocycles. The SMILES string of the molecule is O=C(O)c1ccc(-c2nc(-c3ccc(-c4nc(-c5ccc(C(=O)O)cc5)c(-c5ccc(C(=O)O)cc5)[nH]4)cc3)[nH]c2-c2ccc(C(=O)O)cc2)cc1. The molecule has 254 valence electrons. The van der Waals surface area contributed by atoms with Crippen LogP contribution in [0.4, 0.5) is 0 Å². The lowest BCUT2D eigenvalue weighted by atomic mass is 10.0. The van der Waals surface area contributed by atoms with Crippen molar-refractivity contribution in [1.29, 1.82) is 0 Å². The predicted molar refractivity (Wildman–Crippen MR) is 191 cm³/mol. The topological polar surface area (TPSA) is 207 Å². The van der Waals surface area contributed by atoms with Crippen molar-refractivity contribution in [3.8, 4) is 67.8 Å². The molecule has 2 aromatic heterocycles. The number of nitrogens with one attached hydrogen (secondary N) is 2. The molecule has 12 nitrogen and oxygen atoms in total. The van der Waals surface area contributed by atoms with Crippen molar-refractivity contribution in [2.45, 2.75) is 0 Å². The second-order valence-corrected chi connectivity index (χ2v) is 11.7. The summed E-state index contributed by atoms with van der Waals surface area (Å²) >= 11 is 0. The zero-order valence-corrected chi connectivity index (χ0v) is 26.9. The normalized spacial score (nSPS) is 10.9. The third kappa shape index (κ3) is 6.42. The molecule has 0 spiro atoms. The van der Waals surface area contributed by atoms with Crippen LogP contribution in [-0.4, -0.2) is 64.2 Å². The molecule has 7 rings (SSSR count). The molecule has 6 N–H and O–H groups in total. The van der Waals surface area contributed by atoms with Gasteiger partial charge in [0.2, 0.25) is 0 Å². The van der Waals surface area contributed by atoms with E-state index in [-0.39, 0.29) is 22.3 Å². The smallest absolute Gasteiger partial charge is 0.335 e. The minimum Gasteiger partial charge on any atom is -0.478 e. The first kappa shape index (κ1) is 32.9. The van der Waals surface area contributed by atoms with Crippen molar-refractivity contribution in [2.24, 2.45) is 0 Å². The average Bonchev–Trinajstić information content (AvgIpc) is 3.81. The van der Waals surface area contributed by atoms with Gasteiger partial charge in [-0.1, -0.05) is 72.8 Å². The molecule has 0 atom stereocenters. The molecule has 0 aliphatic rings. The first-order valence-corrected chi connectivity index (χ1v) is 15.7. The summed E-state index contributed by atoms with van der Waals surface area (Å²) in [6.45, 7) is 0. The maximum absolute atomic E-state index is 11.5. The third-order valence-corrected chi connectivity index (χ3v) is 8.49. The Morgan fingerprint density at radius 1 is 0.346 bits per heavy atom. The van der Waals surface area contributed by atoms with Crippen LogP contribution >= 0.6 is 0 Å². The zero-order chi connectivity index (χ0) is 36.5. The quantitative estimate of drug-likeness (QED) is 0.0817. The average molecular weight is 691 g/mol. The van der Waals surface area contributed by atoms with Crippen molar-refractivity contribution < 1.29 is 39.6 Å². The van der Waals surface area contributed by atoms with Crippen molar-refractivity contribution in [1.82, 2.24) is 19.9 Å². The van der Waals surface area contributed by atoms with Crippen LogP contribution in [0.1, 0.15) is 41.4 Å². The van der Waals surface area contributed by atoms with Crippen LogP contribution in [0, 0.1) is 0 Å². The molecular weight excluding hydrogens is 664 g/mol. The van der Waals surface area contributed by atoms with Gasteiger partial charge in [0.1, 0.15) is 11.6 Å². The van der Waals surface area contributed by atoms with Gasteiger partial charge in [0.05, 0.1) is 45.0 Å². The maximum atomic E-state index is 11.5. The highest BCUT2D eigenvalue weighted by Gasteiger charge is 2.19. The Labute approximate surface area is 294 Å². The van der Waals surface area contributed by atoms with Crippen molar-refractivity contribution >= 4 is 23.9 Å². The number of hydrogen-bond donors (Lipinski definition) is 6. The van der Waals surface area contributed by atoms with Gasteiger partial charge in [0, 0.05) is 33.4 Å². The van der Waals surface area contributed by atoms with Gasteiger partial charge >= 0.3 is 23.9 Å². The van der Waals surface area contributed by atoms with Crippen molar-refractivity contribution in [3.63, 3.8) is 0 Å². The molecule has 0 aliphatic heterocycles. The van der Waals surface area contributed by atoms with Gasteiger partial charge in [-0.25, -0.2) is 29.1 Å². The number of H-pyrrole nitrogens is 2. The second kappa shape index (κ2) is 13.4. The minimum absolute atomic E-state index is 0.126. The van der Waals surface area contributed by atoms with Crippen LogP contribution in [0.25, 0.3) is 67.8 Å². The fourth-order valence-corrected chi connectivity index (χ4v) is 5.74. The van der Waals surface area contributed by atoms with Gasteiger partial charge in [-0.15, -0.1) is 0 Å². The van der Waals surface area contributed by atoms with Crippen LogP contribution in [-0.2, 0) is 0 Å². The number of rotatable bonds is 10. The minimum atomic E-state index is -1.05. The number of benzene rings is 5. The molecule has 52 heavy (non-hydrogen) atoms. The largest absolute Gasteiger partial charge is 0.478 e. The molecule has 7 aromatic rings. The third-order valence-electron chi connectivity index (χ3n) is 8.49. The summed E-state index contributed by atoms with van der Waals surface area (Å²) in [5, 5.41) is 37.5. The number of aromatic amines is 2. The van der Waals surface area contributed by atoms with E-state index in [4.69, 9.17) is 9.97 Å². The molecule has 2 heterocycles. The van der Waals surface area contributed by atoms with Gasteiger partial charge < -0.3 is 30.4 Å². The van der Waals surface area contributed by atoms with E-state index in [1.54, 1.807) is 48.5 Å². The Kier molecular flexibility index (Phi) is 8.46. The van der Waals surface area contributed by atoms with E-state index in [0.717, 1.165) is 11.1 Å². The van der Waals surface area contributed by atoms with E-state index in [9.17, 15) is 39.6 Å². The second-order valence-electron chi connectivity index (χ2n) is 11.7. The summed E-state index contributed by atoms with van der Waals surface area (Å²) in [4.78, 5) is 62.3. The molecular formula is C40H26N4O8. The molecule has 0 saturated carbocycles. The summed E-state index contributed by atoms with van der Waals surface area (Å²) < 4.78 is 0. The van der Waals surface area contributed by atoms with Gasteiger partial charge in [-0.05, 0) is 48.5 Å². The molecule has 0 radical (unpaired) electrons. The van der Waals surface area contributed by atoms with E-state index in [1.165, 1.54) is 48.5 Å². The highest BCUT2D eigenvalue weighted by molar-refractivity contribution is 5.92. The van der Waals surface area contributed by atoms with Crippen LogP contribution in [0.15, 0.2) is 121 Å². The Balaban J connectivity index is 1.27. The number of imidazole rings is 2. The fourth-order valence-electron chi connectivity index (χ4n) is 5.74. The molecule has 0 aliphatic carbocycles. The number of aromatic nitrogens is 4. The number of carboxylic acid groups (broad SMARTS) is 4. The van der Waals surface area contributed by atoms with Crippen LogP contribution in [0.2, 0.25) is 0 Å². The van der Waals surface area contributed by atoms with Crippen LogP contribution in [0.3, 0.4) is 0 Å². The molecule has 0 fully saturated rings. The maximum Gasteiger partial charge on any atom is 0.335 e. The monoisotopic (exact) mass is 690 g/mol. The number of hydrogen-bond acceptors (Lipinski definition) is 6. The highest BCUT2D eigenvalue weighted by Crippen LogP contribution is 2.36. The lowest BCUT2D eigenvalue weighted by Crippen LogP contribution is -1.96. The Bertz CT molecular complexity index is 2150. The summed E-state index contributed by atoms with van der Waals surface area (Å²) in [7, 11) is 0. The van der Waals surface area contributed by atoms with Crippen LogP contribution < -0.4 is 0 Å². The van der Waals surface area contributed by atoms with E-state index in [1.807, 2.05) is 24.3 Å². The molecule has 0 amide bonds. The number of carbonyl (C=O) groups is 4. The van der Waals surface area contributed by atoms with E-state index < -0.39 is 23.9 Å². The summed E-state index contributed by atoms with van der Waals surface area (Å²) in [6, 6.07) is 32.7. The molecule has 12 heteroatoms. The standard InChI is InChI=1S/C40H26N4O8/c45-37(46)27-13-1-21(2-14-27)31-32(22-3-15-28(16-4-22)38(47)48)42-35(41-31)25-9-11-26(12-10-25)36-43-33(23-5-17-29(18-6-23)39(49)50)34(44-36)24-7-19-30(20-8-24)40(51)52/h1-20H,(H,41,42)(H,43,44)(H,45,46)(H,47,48)(H,49,50)(H,51,52). The number of carboxylic acids is 4. The van der Waals surface area contributed by atoms with Crippen LogP contribution in [0.5, 0.6) is 0 Å². The summed E-state index contributed by atoms with van der Waals surface area (Å²) in [5.41, 5.74) is 6.95. The van der Waals surface area contributed by atoms with Gasteiger partial charge in [0.25, 0.3) is 0 Å². The Morgan fingerprint density at radius 2 is 0.577 bits per heavy atom. The lowest BCUT2D eigenvalue weighted by Gasteiger charge is -2.04. The molecule has 0 bridgehead atoms. The number of nitrogens with zero attached hydrogens (tertiary/aromatic N) is 2. The first-order valence-electron chi connectivity index (χ1n) is 15.7. The highest BCUT2D eigenvalue weighted by atomic mass is 16.4. The van der Waals surface area contributed by atoms with Gasteiger partial charge in [-0.2, -0.15) is 0 Å². The molecule has 0 unspecified atom stereocenters.